The van der Waals surface area contributed by atoms with Gasteiger partial charge in [-0.05, 0) is 69.6 Å². The minimum Gasteiger partial charge on any atom is -0.459 e. The molecule has 1 heterocycles. The molecule has 7 heteroatoms. The van der Waals surface area contributed by atoms with Crippen LogP contribution in [0.4, 0.5) is 0 Å². The number of esters is 3. The Labute approximate surface area is 208 Å². The molecule has 0 aromatic heterocycles. The van der Waals surface area contributed by atoms with Crippen molar-refractivity contribution in [2.75, 3.05) is 0 Å². The highest BCUT2D eigenvalue weighted by Crippen LogP contribution is 2.59. The molecular formula is C28H42O7. The summed E-state index contributed by atoms with van der Waals surface area (Å²) in [6.07, 6.45) is 8.82. The van der Waals surface area contributed by atoms with E-state index >= 15 is 0 Å². The number of rotatable bonds is 6. The summed E-state index contributed by atoms with van der Waals surface area (Å²) in [5.41, 5.74) is -0.876. The highest BCUT2D eigenvalue weighted by molar-refractivity contribution is 5.77. The van der Waals surface area contributed by atoms with Crippen molar-refractivity contribution in [3.63, 3.8) is 0 Å². The van der Waals surface area contributed by atoms with Crippen LogP contribution in [0.15, 0.2) is 0 Å². The first-order valence-corrected chi connectivity index (χ1v) is 13.9. The standard InChI is InChI=1S/C15H24O3.C13H18O4/c1-3-10(2)13(16)18-15-7-11-4-12(8-15)6-14(17,5-11)9-15;1-3-6(2)12(14)16-10-7-4-8-9(5-7)13(15)17-11(8)10/h10-12,17H,3-9H2,1-2H3;6-11H,3-5H2,1-2H3. The van der Waals surface area contributed by atoms with Crippen molar-refractivity contribution in [2.24, 2.45) is 41.4 Å². The summed E-state index contributed by atoms with van der Waals surface area (Å²) in [6, 6.07) is 0. The molecule has 7 fully saturated rings. The number of carbonyl (C=O) groups is 3. The summed E-state index contributed by atoms with van der Waals surface area (Å²) < 4.78 is 16.8. The van der Waals surface area contributed by atoms with Gasteiger partial charge >= 0.3 is 17.9 Å². The Morgan fingerprint density at radius 1 is 1.00 bits per heavy atom. The van der Waals surface area contributed by atoms with Gasteiger partial charge in [-0.2, -0.15) is 0 Å². The molecule has 6 saturated carbocycles. The molecule has 7 nitrogen and oxygen atoms in total. The van der Waals surface area contributed by atoms with Gasteiger partial charge in [0.05, 0.1) is 23.4 Å². The fraction of sp³-hybridized carbons (Fsp3) is 0.893. The zero-order chi connectivity index (χ0) is 25.1. The largest absolute Gasteiger partial charge is 0.459 e. The van der Waals surface area contributed by atoms with Crippen molar-refractivity contribution in [1.29, 1.82) is 0 Å². The molecule has 7 aliphatic rings. The quantitative estimate of drug-likeness (QED) is 0.440. The third-order valence-corrected chi connectivity index (χ3v) is 9.99. The molecule has 6 aliphatic carbocycles. The molecular weight excluding hydrogens is 448 g/mol. The van der Waals surface area contributed by atoms with E-state index in [0.29, 0.717) is 30.1 Å². The maximum atomic E-state index is 12.1. The van der Waals surface area contributed by atoms with Gasteiger partial charge in [-0.3, -0.25) is 14.4 Å². The molecule has 1 saturated heterocycles. The molecule has 6 bridgehead atoms. The number of aliphatic hydroxyl groups is 1. The Kier molecular flexibility index (Phi) is 6.46. The van der Waals surface area contributed by atoms with Crippen LogP contribution in [0.25, 0.3) is 0 Å². The van der Waals surface area contributed by atoms with Crippen molar-refractivity contribution in [1.82, 2.24) is 0 Å². The van der Waals surface area contributed by atoms with Crippen LogP contribution in [0.3, 0.4) is 0 Å². The predicted molar refractivity (Wildman–Crippen MR) is 127 cm³/mol. The number of ether oxygens (including phenoxy) is 3. The van der Waals surface area contributed by atoms with E-state index in [2.05, 4.69) is 0 Å². The molecule has 9 unspecified atom stereocenters. The van der Waals surface area contributed by atoms with Gasteiger partial charge in [-0.1, -0.05) is 27.7 Å². The second kappa shape index (κ2) is 9.04. The van der Waals surface area contributed by atoms with Crippen LogP contribution < -0.4 is 0 Å². The van der Waals surface area contributed by atoms with Gasteiger partial charge in [0.2, 0.25) is 0 Å². The second-order valence-corrected chi connectivity index (χ2v) is 12.7. The van der Waals surface area contributed by atoms with Gasteiger partial charge in [-0.25, -0.2) is 0 Å². The summed E-state index contributed by atoms with van der Waals surface area (Å²) in [5.74, 6) is 1.49. The van der Waals surface area contributed by atoms with Crippen molar-refractivity contribution >= 4 is 17.9 Å². The van der Waals surface area contributed by atoms with Crippen LogP contribution in [-0.2, 0) is 28.6 Å². The van der Waals surface area contributed by atoms with Gasteiger partial charge in [0, 0.05) is 18.3 Å². The minimum atomic E-state index is -0.542. The van der Waals surface area contributed by atoms with Crippen molar-refractivity contribution in [3.8, 4) is 0 Å². The van der Waals surface area contributed by atoms with Crippen LogP contribution in [-0.4, -0.2) is 46.4 Å². The Morgan fingerprint density at radius 2 is 1.63 bits per heavy atom. The van der Waals surface area contributed by atoms with Crippen molar-refractivity contribution < 1.29 is 33.7 Å². The van der Waals surface area contributed by atoms with Gasteiger partial charge in [-0.15, -0.1) is 0 Å². The van der Waals surface area contributed by atoms with Crippen LogP contribution in [0.2, 0.25) is 0 Å². The third kappa shape index (κ3) is 4.51. The maximum Gasteiger partial charge on any atom is 0.309 e. The normalized spacial score (nSPS) is 45.4. The summed E-state index contributed by atoms with van der Waals surface area (Å²) in [7, 11) is 0. The summed E-state index contributed by atoms with van der Waals surface area (Å²) in [4.78, 5) is 35.4. The van der Waals surface area contributed by atoms with Crippen LogP contribution >= 0.6 is 0 Å². The molecule has 9 atom stereocenters. The molecule has 1 aliphatic heterocycles. The van der Waals surface area contributed by atoms with Gasteiger partial charge in [0.1, 0.15) is 17.8 Å². The fourth-order valence-corrected chi connectivity index (χ4v) is 8.21. The summed E-state index contributed by atoms with van der Waals surface area (Å²) in [5, 5.41) is 10.6. The molecule has 0 spiro atoms. The lowest BCUT2D eigenvalue weighted by Gasteiger charge is -2.59. The smallest absolute Gasteiger partial charge is 0.309 e. The topological polar surface area (TPSA) is 99.1 Å². The molecule has 0 aromatic rings. The lowest BCUT2D eigenvalue weighted by Crippen LogP contribution is -2.60. The summed E-state index contributed by atoms with van der Waals surface area (Å²) >= 11 is 0. The number of hydrogen-bond acceptors (Lipinski definition) is 7. The molecule has 1 N–H and O–H groups in total. The average molecular weight is 491 g/mol. The van der Waals surface area contributed by atoms with E-state index in [0.717, 1.165) is 51.4 Å². The van der Waals surface area contributed by atoms with E-state index in [9.17, 15) is 19.5 Å². The third-order valence-electron chi connectivity index (χ3n) is 9.99. The first kappa shape index (κ1) is 25.0. The lowest BCUT2D eigenvalue weighted by atomic mass is 9.52. The second-order valence-electron chi connectivity index (χ2n) is 12.7. The zero-order valence-electron chi connectivity index (χ0n) is 21.7. The minimum absolute atomic E-state index is 0.0207. The molecule has 0 amide bonds. The number of carbonyl (C=O) groups excluding carboxylic acids is 3. The fourth-order valence-electron chi connectivity index (χ4n) is 8.21. The van der Waals surface area contributed by atoms with Crippen LogP contribution in [0, 0.1) is 41.4 Å². The van der Waals surface area contributed by atoms with E-state index in [-0.39, 0.29) is 53.5 Å². The van der Waals surface area contributed by atoms with Gasteiger partial charge < -0.3 is 19.3 Å². The zero-order valence-corrected chi connectivity index (χ0v) is 21.7. The van der Waals surface area contributed by atoms with Gasteiger partial charge in [0.25, 0.3) is 0 Å². The number of fused-ring (bicyclic) bond motifs is 1. The number of hydrogen-bond donors (Lipinski definition) is 1. The van der Waals surface area contributed by atoms with E-state index in [1.807, 2.05) is 27.7 Å². The molecule has 35 heavy (non-hydrogen) atoms. The first-order valence-electron chi connectivity index (χ1n) is 13.9. The van der Waals surface area contributed by atoms with Crippen LogP contribution in [0.1, 0.15) is 91.9 Å². The Morgan fingerprint density at radius 3 is 2.23 bits per heavy atom. The van der Waals surface area contributed by atoms with Crippen molar-refractivity contribution in [2.45, 2.75) is 115 Å². The maximum absolute atomic E-state index is 12.1. The van der Waals surface area contributed by atoms with Crippen LogP contribution in [0.5, 0.6) is 0 Å². The Balaban J connectivity index is 0.000000145. The van der Waals surface area contributed by atoms with Gasteiger partial charge in [0.15, 0.2) is 0 Å². The van der Waals surface area contributed by atoms with E-state index in [1.165, 1.54) is 6.42 Å². The monoisotopic (exact) mass is 490 g/mol. The molecule has 7 rings (SSSR count). The summed E-state index contributed by atoms with van der Waals surface area (Å²) in [6.45, 7) is 7.79. The lowest BCUT2D eigenvalue weighted by molar-refractivity contribution is -0.222. The Hall–Kier alpha value is -1.63. The van der Waals surface area contributed by atoms with Crippen molar-refractivity contribution in [3.05, 3.63) is 0 Å². The van der Waals surface area contributed by atoms with E-state index in [4.69, 9.17) is 14.2 Å². The molecule has 196 valence electrons. The predicted octanol–water partition coefficient (Wildman–Crippen LogP) is 4.19. The SMILES string of the molecule is CCC(C)C(=O)OC12CC3CC(CC(O)(C3)C1)C2.CCC(C)C(=O)OC1C2CC3C(=O)OC1C3C2. The van der Waals surface area contributed by atoms with E-state index in [1.54, 1.807) is 0 Å². The highest BCUT2D eigenvalue weighted by Gasteiger charge is 2.63. The first-order chi connectivity index (χ1) is 16.5. The average Bonchev–Trinajstić information content (AvgIpc) is 3.41. The highest BCUT2D eigenvalue weighted by atomic mass is 16.6. The van der Waals surface area contributed by atoms with E-state index < -0.39 is 5.60 Å². The Bertz CT molecular complexity index is 853. The molecule has 0 aromatic carbocycles. The molecule has 0 radical (unpaired) electrons.